The lowest BCUT2D eigenvalue weighted by Gasteiger charge is -2.30. The summed E-state index contributed by atoms with van der Waals surface area (Å²) in [5.41, 5.74) is 0. The Bertz CT molecular complexity index is 193. The lowest BCUT2D eigenvalue weighted by Crippen LogP contribution is -2.55. The van der Waals surface area contributed by atoms with Crippen LogP contribution < -0.4 is 10.6 Å². The normalized spacial score (nSPS) is 27.3. The Balaban J connectivity index is 0.000000980. The molecular formula is C9H17ClN2OS. The van der Waals surface area contributed by atoms with E-state index in [1.165, 1.54) is 11.5 Å². The van der Waals surface area contributed by atoms with Gasteiger partial charge < -0.3 is 10.6 Å². The largest absolute Gasteiger partial charge is 0.352 e. The molecule has 0 aromatic rings. The van der Waals surface area contributed by atoms with Crippen molar-refractivity contribution in [2.75, 3.05) is 18.1 Å². The summed E-state index contributed by atoms with van der Waals surface area (Å²) in [6, 6.07) is 0.547. The summed E-state index contributed by atoms with van der Waals surface area (Å²) in [5, 5.41) is 6.22. The molecule has 0 saturated carbocycles. The van der Waals surface area contributed by atoms with Crippen LogP contribution in [0.4, 0.5) is 0 Å². The molecule has 2 rings (SSSR count). The third-order valence-electron chi connectivity index (χ3n) is 2.71. The molecule has 2 saturated heterocycles. The molecule has 2 N–H and O–H groups in total. The summed E-state index contributed by atoms with van der Waals surface area (Å²) < 4.78 is 0. The molecule has 82 valence electrons. The second-order valence-corrected chi connectivity index (χ2v) is 4.92. The maximum atomic E-state index is 11.5. The van der Waals surface area contributed by atoms with Crippen LogP contribution in [0.25, 0.3) is 0 Å². The van der Waals surface area contributed by atoms with Crippen molar-refractivity contribution in [3.63, 3.8) is 0 Å². The second-order valence-electron chi connectivity index (χ2n) is 3.69. The van der Waals surface area contributed by atoms with Gasteiger partial charge >= 0.3 is 0 Å². The van der Waals surface area contributed by atoms with Crippen molar-refractivity contribution < 1.29 is 4.79 Å². The van der Waals surface area contributed by atoms with Gasteiger partial charge in [-0.15, -0.1) is 12.4 Å². The average Bonchev–Trinajstić information content (AvgIpc) is 2.02. The van der Waals surface area contributed by atoms with Crippen LogP contribution in [0.1, 0.15) is 19.3 Å². The van der Waals surface area contributed by atoms with Crippen LogP contribution in [-0.2, 0) is 4.79 Å². The lowest BCUT2D eigenvalue weighted by atomic mass is 10.1. The number of thioether (sulfide) groups is 1. The Hall–Kier alpha value is 0.0700. The van der Waals surface area contributed by atoms with Crippen LogP contribution >= 0.6 is 24.2 Å². The molecule has 2 fully saturated rings. The molecule has 0 aromatic carbocycles. The van der Waals surface area contributed by atoms with E-state index in [-0.39, 0.29) is 24.4 Å². The standard InChI is InChI=1S/C9H16N2OS.ClH/c12-9(8-1-4-10-8)11-7-2-5-13-6-3-7;/h7-8,10H,1-6H2,(H,11,12);1H/t8-;/m1./s1. The van der Waals surface area contributed by atoms with Gasteiger partial charge in [0.15, 0.2) is 0 Å². The topological polar surface area (TPSA) is 41.1 Å². The molecule has 1 amide bonds. The third kappa shape index (κ3) is 3.04. The van der Waals surface area contributed by atoms with Crippen molar-refractivity contribution in [1.29, 1.82) is 0 Å². The number of halogens is 1. The molecule has 2 aliphatic rings. The maximum Gasteiger partial charge on any atom is 0.237 e. The number of nitrogens with one attached hydrogen (secondary N) is 2. The Morgan fingerprint density at radius 2 is 1.93 bits per heavy atom. The average molecular weight is 237 g/mol. The molecule has 0 bridgehead atoms. The zero-order valence-electron chi connectivity index (χ0n) is 8.12. The van der Waals surface area contributed by atoms with Crippen LogP contribution in [0.15, 0.2) is 0 Å². The highest BCUT2D eigenvalue weighted by Gasteiger charge is 2.26. The summed E-state index contributed by atoms with van der Waals surface area (Å²) in [7, 11) is 0. The van der Waals surface area contributed by atoms with Gasteiger partial charge in [-0.05, 0) is 37.3 Å². The minimum Gasteiger partial charge on any atom is -0.352 e. The van der Waals surface area contributed by atoms with Gasteiger partial charge in [-0.1, -0.05) is 0 Å². The molecular weight excluding hydrogens is 220 g/mol. The van der Waals surface area contributed by atoms with Gasteiger partial charge in [-0.25, -0.2) is 0 Å². The quantitative estimate of drug-likeness (QED) is 0.745. The minimum absolute atomic E-state index is 0. The molecule has 0 aliphatic carbocycles. The SMILES string of the molecule is Cl.O=C(NC1CCSCC1)[C@H]1CCN1. The van der Waals surface area contributed by atoms with Crippen molar-refractivity contribution in [2.24, 2.45) is 0 Å². The predicted octanol–water partition coefficient (Wildman–Crippen LogP) is 0.782. The van der Waals surface area contributed by atoms with E-state index in [4.69, 9.17) is 0 Å². The molecule has 2 heterocycles. The van der Waals surface area contributed by atoms with Gasteiger partial charge in [0.05, 0.1) is 6.04 Å². The number of carbonyl (C=O) groups excluding carboxylic acids is 1. The number of hydrogen-bond donors (Lipinski definition) is 2. The smallest absolute Gasteiger partial charge is 0.237 e. The summed E-state index contributed by atoms with van der Waals surface area (Å²) in [6.45, 7) is 0.999. The summed E-state index contributed by atoms with van der Waals surface area (Å²) in [5.74, 6) is 2.61. The first-order valence-electron chi connectivity index (χ1n) is 4.98. The van der Waals surface area contributed by atoms with Crippen LogP contribution in [-0.4, -0.2) is 36.0 Å². The lowest BCUT2D eigenvalue weighted by molar-refractivity contribution is -0.125. The van der Waals surface area contributed by atoms with Gasteiger partial charge in [-0.2, -0.15) is 11.8 Å². The highest BCUT2D eigenvalue weighted by atomic mass is 35.5. The maximum absolute atomic E-state index is 11.5. The summed E-state index contributed by atoms with van der Waals surface area (Å²) in [6.07, 6.45) is 3.29. The fourth-order valence-electron chi connectivity index (χ4n) is 1.66. The molecule has 5 heteroatoms. The van der Waals surface area contributed by atoms with Crippen molar-refractivity contribution in [3.05, 3.63) is 0 Å². The highest BCUT2D eigenvalue weighted by molar-refractivity contribution is 7.99. The third-order valence-corrected chi connectivity index (χ3v) is 3.76. The van der Waals surface area contributed by atoms with Crippen LogP contribution in [0.3, 0.4) is 0 Å². The summed E-state index contributed by atoms with van der Waals surface area (Å²) >= 11 is 1.99. The number of carbonyl (C=O) groups is 1. The van der Waals surface area contributed by atoms with Crippen molar-refractivity contribution in [1.82, 2.24) is 10.6 Å². The molecule has 14 heavy (non-hydrogen) atoms. The molecule has 0 aromatic heterocycles. The first-order chi connectivity index (χ1) is 6.36. The Kier molecular flexibility index (Phi) is 5.06. The van der Waals surface area contributed by atoms with Gasteiger partial charge in [0.2, 0.25) is 5.91 Å². The fourth-order valence-corrected chi connectivity index (χ4v) is 2.76. The second kappa shape index (κ2) is 5.83. The van der Waals surface area contributed by atoms with E-state index in [0.29, 0.717) is 6.04 Å². The van der Waals surface area contributed by atoms with Crippen LogP contribution in [0, 0.1) is 0 Å². The first-order valence-corrected chi connectivity index (χ1v) is 6.13. The Morgan fingerprint density at radius 3 is 2.43 bits per heavy atom. The highest BCUT2D eigenvalue weighted by Crippen LogP contribution is 2.17. The van der Waals surface area contributed by atoms with Gasteiger partial charge in [-0.3, -0.25) is 4.79 Å². The van der Waals surface area contributed by atoms with Gasteiger partial charge in [0, 0.05) is 6.04 Å². The predicted molar refractivity (Wildman–Crippen MR) is 62.1 cm³/mol. The molecule has 3 nitrogen and oxygen atoms in total. The van der Waals surface area contributed by atoms with Gasteiger partial charge in [0.25, 0.3) is 0 Å². The van der Waals surface area contributed by atoms with E-state index < -0.39 is 0 Å². The number of hydrogen-bond acceptors (Lipinski definition) is 3. The summed E-state index contributed by atoms with van der Waals surface area (Å²) in [4.78, 5) is 11.5. The van der Waals surface area contributed by atoms with E-state index >= 15 is 0 Å². The number of amides is 1. The van der Waals surface area contributed by atoms with E-state index in [0.717, 1.165) is 25.8 Å². The molecule has 0 unspecified atom stereocenters. The minimum atomic E-state index is 0. The van der Waals surface area contributed by atoms with E-state index in [1.807, 2.05) is 11.8 Å². The van der Waals surface area contributed by atoms with Crippen molar-refractivity contribution >= 4 is 30.1 Å². The van der Waals surface area contributed by atoms with Crippen LogP contribution in [0.5, 0.6) is 0 Å². The van der Waals surface area contributed by atoms with Crippen molar-refractivity contribution in [2.45, 2.75) is 31.3 Å². The van der Waals surface area contributed by atoms with E-state index in [2.05, 4.69) is 10.6 Å². The first kappa shape index (κ1) is 12.1. The number of rotatable bonds is 2. The molecule has 2 aliphatic heterocycles. The van der Waals surface area contributed by atoms with Gasteiger partial charge in [0.1, 0.15) is 0 Å². The molecule has 1 atom stereocenters. The van der Waals surface area contributed by atoms with E-state index in [1.54, 1.807) is 0 Å². The molecule has 0 spiro atoms. The zero-order valence-corrected chi connectivity index (χ0v) is 9.76. The zero-order chi connectivity index (χ0) is 9.10. The van der Waals surface area contributed by atoms with E-state index in [9.17, 15) is 4.79 Å². The Morgan fingerprint density at radius 1 is 1.29 bits per heavy atom. The monoisotopic (exact) mass is 236 g/mol. The fraction of sp³-hybridized carbons (Fsp3) is 0.889. The van der Waals surface area contributed by atoms with Crippen molar-refractivity contribution in [3.8, 4) is 0 Å². The van der Waals surface area contributed by atoms with Crippen LogP contribution in [0.2, 0.25) is 0 Å². The molecule has 0 radical (unpaired) electrons. The Labute approximate surface area is 95.2 Å².